The fourth-order valence-electron chi connectivity index (χ4n) is 4.56. The van der Waals surface area contributed by atoms with Crippen LogP contribution in [0.15, 0.2) is 34.1 Å². The van der Waals surface area contributed by atoms with Gasteiger partial charge in [-0.3, -0.25) is 29.3 Å². The molecular formula is C21H25N5O5. The van der Waals surface area contributed by atoms with Crippen molar-refractivity contribution in [3.63, 3.8) is 0 Å². The van der Waals surface area contributed by atoms with Gasteiger partial charge in [-0.15, -0.1) is 0 Å². The highest BCUT2D eigenvalue weighted by atomic mass is 16.5. The topological polar surface area (TPSA) is 146 Å². The molecule has 4 N–H and O–H groups in total. The van der Waals surface area contributed by atoms with Crippen LogP contribution >= 0.6 is 0 Å². The average molecular weight is 427 g/mol. The molecule has 2 aromatic rings. The van der Waals surface area contributed by atoms with Crippen molar-refractivity contribution in [2.24, 2.45) is 0 Å². The minimum Gasteiger partial charge on any atom is -0.471 e. The van der Waals surface area contributed by atoms with Crippen LogP contribution in [0.4, 0.5) is 0 Å². The number of nitrogens with zero attached hydrogens (tertiary/aromatic N) is 1. The molecule has 10 heteroatoms. The number of aromatic amines is 2. The zero-order valence-electron chi connectivity index (χ0n) is 17.0. The van der Waals surface area contributed by atoms with E-state index in [0.29, 0.717) is 24.1 Å². The third-order valence-corrected chi connectivity index (χ3v) is 6.01. The van der Waals surface area contributed by atoms with Gasteiger partial charge < -0.3 is 15.4 Å². The van der Waals surface area contributed by atoms with Crippen molar-refractivity contribution in [2.75, 3.05) is 13.1 Å². The molecule has 3 heterocycles. The highest BCUT2D eigenvalue weighted by Gasteiger charge is 2.51. The van der Waals surface area contributed by atoms with Gasteiger partial charge in [-0.2, -0.15) is 0 Å². The van der Waals surface area contributed by atoms with Crippen LogP contribution in [-0.2, 0) is 4.79 Å². The van der Waals surface area contributed by atoms with E-state index in [9.17, 15) is 19.2 Å². The summed E-state index contributed by atoms with van der Waals surface area (Å²) < 4.78 is 6.11. The lowest BCUT2D eigenvalue weighted by molar-refractivity contribution is -0.121. The molecule has 2 aliphatic rings. The molecule has 1 aliphatic heterocycles. The van der Waals surface area contributed by atoms with E-state index in [1.54, 1.807) is 18.3 Å². The second-order valence-corrected chi connectivity index (χ2v) is 7.96. The van der Waals surface area contributed by atoms with E-state index < -0.39 is 16.9 Å². The number of carbonyl (C=O) groups is 2. The molecular weight excluding hydrogens is 402 g/mol. The lowest BCUT2D eigenvalue weighted by atomic mass is 9.72. The molecule has 2 aromatic heterocycles. The van der Waals surface area contributed by atoms with Gasteiger partial charge in [-0.25, -0.2) is 4.79 Å². The molecule has 164 valence electrons. The van der Waals surface area contributed by atoms with E-state index in [2.05, 4.69) is 25.6 Å². The molecule has 0 aromatic carbocycles. The number of rotatable bonds is 7. The van der Waals surface area contributed by atoms with Crippen molar-refractivity contribution in [1.82, 2.24) is 25.6 Å². The van der Waals surface area contributed by atoms with E-state index in [0.717, 1.165) is 25.7 Å². The van der Waals surface area contributed by atoms with Crippen LogP contribution in [0.25, 0.3) is 0 Å². The van der Waals surface area contributed by atoms with Crippen LogP contribution in [0.1, 0.15) is 60.4 Å². The first-order chi connectivity index (χ1) is 15.0. The molecule has 4 rings (SSSR count). The molecule has 2 atom stereocenters. The third kappa shape index (κ3) is 4.37. The van der Waals surface area contributed by atoms with E-state index >= 15 is 0 Å². The summed E-state index contributed by atoms with van der Waals surface area (Å²) in [6.07, 6.45) is 7.23. The maximum atomic E-state index is 12.3. The SMILES string of the molecule is O=C(CCNC(=O)c1cccnc1)NCC[C@@]12CCCC[C@@H]1c1c([nH]c(=O)[nH]c1=O)O2. The van der Waals surface area contributed by atoms with Crippen molar-refractivity contribution < 1.29 is 14.3 Å². The Bertz CT molecular complexity index is 1080. The first-order valence-electron chi connectivity index (χ1n) is 10.5. The van der Waals surface area contributed by atoms with Gasteiger partial charge in [-0.05, 0) is 31.4 Å². The Morgan fingerprint density at radius 2 is 2.06 bits per heavy atom. The number of hydrogen-bond acceptors (Lipinski definition) is 6. The van der Waals surface area contributed by atoms with Crippen LogP contribution in [0.5, 0.6) is 5.88 Å². The van der Waals surface area contributed by atoms with Gasteiger partial charge in [0, 0.05) is 44.2 Å². The van der Waals surface area contributed by atoms with Gasteiger partial charge in [-0.1, -0.05) is 6.42 Å². The number of carbonyl (C=O) groups excluding carboxylic acids is 2. The molecule has 2 amide bonds. The number of H-pyrrole nitrogens is 2. The number of hydrogen-bond donors (Lipinski definition) is 4. The molecule has 1 saturated carbocycles. The second-order valence-electron chi connectivity index (χ2n) is 7.96. The fraction of sp³-hybridized carbons (Fsp3) is 0.476. The Kier molecular flexibility index (Phi) is 5.88. The lowest BCUT2D eigenvalue weighted by Crippen LogP contribution is -2.44. The van der Waals surface area contributed by atoms with Crippen molar-refractivity contribution in [2.45, 2.75) is 50.0 Å². The van der Waals surface area contributed by atoms with Gasteiger partial charge >= 0.3 is 5.69 Å². The van der Waals surface area contributed by atoms with Gasteiger partial charge in [0.25, 0.3) is 11.5 Å². The third-order valence-electron chi connectivity index (χ3n) is 6.01. The van der Waals surface area contributed by atoms with E-state index in [1.807, 2.05) is 0 Å². The Morgan fingerprint density at radius 3 is 2.87 bits per heavy atom. The average Bonchev–Trinajstić information content (AvgIpc) is 3.08. The summed E-state index contributed by atoms with van der Waals surface area (Å²) in [6.45, 7) is 0.591. The molecule has 0 bridgehead atoms. The summed E-state index contributed by atoms with van der Waals surface area (Å²) in [5, 5.41) is 5.56. The number of aromatic nitrogens is 3. The Morgan fingerprint density at radius 1 is 1.19 bits per heavy atom. The van der Waals surface area contributed by atoms with Crippen molar-refractivity contribution in [1.29, 1.82) is 0 Å². The minimum atomic E-state index is -0.598. The van der Waals surface area contributed by atoms with Crippen molar-refractivity contribution >= 4 is 11.8 Å². The van der Waals surface area contributed by atoms with Crippen LogP contribution in [-0.4, -0.2) is 45.5 Å². The molecule has 31 heavy (non-hydrogen) atoms. The smallest absolute Gasteiger partial charge is 0.328 e. The van der Waals surface area contributed by atoms with Gasteiger partial charge in [0.05, 0.1) is 11.1 Å². The summed E-state index contributed by atoms with van der Waals surface area (Å²) in [5.41, 5.74) is -0.639. The number of fused-ring (bicyclic) bond motifs is 3. The maximum Gasteiger partial charge on any atom is 0.328 e. The summed E-state index contributed by atoms with van der Waals surface area (Å²) in [7, 11) is 0. The molecule has 1 aliphatic carbocycles. The molecule has 0 spiro atoms. The zero-order chi connectivity index (χ0) is 21.8. The highest BCUT2D eigenvalue weighted by Crippen LogP contribution is 2.51. The summed E-state index contributed by atoms with van der Waals surface area (Å²) in [6, 6.07) is 3.33. The first kappa shape index (κ1) is 20.8. The molecule has 0 radical (unpaired) electrons. The number of pyridine rings is 1. The number of amides is 2. The van der Waals surface area contributed by atoms with E-state index in [1.165, 1.54) is 6.20 Å². The predicted octanol–water partition coefficient (Wildman–Crippen LogP) is 0.573. The molecule has 0 unspecified atom stereocenters. The minimum absolute atomic E-state index is 0.104. The standard InChI is InChI=1S/C21H25N5O5/c27-15(6-10-24-17(28)13-4-3-9-22-12-13)23-11-8-21-7-2-1-5-14(21)16-18(29)25-20(30)26-19(16)31-21/h3-4,9,12,14H,1-2,5-8,10-11H2,(H,23,27)(H,24,28)(H2,25,26,29,30)/t14-,21+/m1/s1. The Balaban J connectivity index is 1.29. The number of ether oxygens (including phenoxy) is 1. The second kappa shape index (κ2) is 8.75. The first-order valence-corrected chi connectivity index (χ1v) is 10.5. The lowest BCUT2D eigenvalue weighted by Gasteiger charge is -2.38. The van der Waals surface area contributed by atoms with Crippen LogP contribution < -0.4 is 26.6 Å². The largest absolute Gasteiger partial charge is 0.471 e. The summed E-state index contributed by atoms with van der Waals surface area (Å²) >= 11 is 0. The zero-order valence-corrected chi connectivity index (χ0v) is 17.0. The molecule has 0 saturated heterocycles. The Labute approximate surface area is 177 Å². The summed E-state index contributed by atoms with van der Waals surface area (Å²) in [5.74, 6) is -0.309. The normalized spacial score (nSPS) is 21.5. The molecule has 1 fully saturated rings. The van der Waals surface area contributed by atoms with Crippen LogP contribution in [0, 0.1) is 0 Å². The quantitative estimate of drug-likeness (QED) is 0.508. The summed E-state index contributed by atoms with van der Waals surface area (Å²) in [4.78, 5) is 56.9. The van der Waals surface area contributed by atoms with Crippen molar-refractivity contribution in [3.8, 4) is 5.88 Å². The van der Waals surface area contributed by atoms with E-state index in [4.69, 9.17) is 4.74 Å². The van der Waals surface area contributed by atoms with E-state index in [-0.39, 0.29) is 36.6 Å². The van der Waals surface area contributed by atoms with Crippen molar-refractivity contribution in [3.05, 3.63) is 56.5 Å². The van der Waals surface area contributed by atoms with Crippen LogP contribution in [0.2, 0.25) is 0 Å². The Hall–Kier alpha value is -3.43. The number of nitrogens with one attached hydrogen (secondary N) is 4. The van der Waals surface area contributed by atoms with Gasteiger partial charge in [0.15, 0.2) is 0 Å². The maximum absolute atomic E-state index is 12.3. The fourth-order valence-corrected chi connectivity index (χ4v) is 4.56. The highest BCUT2D eigenvalue weighted by molar-refractivity contribution is 5.94. The van der Waals surface area contributed by atoms with Crippen LogP contribution in [0.3, 0.4) is 0 Å². The predicted molar refractivity (Wildman–Crippen MR) is 111 cm³/mol. The van der Waals surface area contributed by atoms with Gasteiger partial charge in [0.2, 0.25) is 11.8 Å². The monoisotopic (exact) mass is 427 g/mol. The van der Waals surface area contributed by atoms with Gasteiger partial charge in [0.1, 0.15) is 5.60 Å². The molecule has 10 nitrogen and oxygen atoms in total.